The predicted octanol–water partition coefficient (Wildman–Crippen LogP) is 2.55. The van der Waals surface area contributed by atoms with Crippen molar-refractivity contribution in [2.24, 2.45) is 5.41 Å². The molecule has 0 bridgehead atoms. The first kappa shape index (κ1) is 19.2. The van der Waals surface area contributed by atoms with Gasteiger partial charge < -0.3 is 19.3 Å². The fraction of sp³-hybridized carbons (Fsp3) is 0.412. The van der Waals surface area contributed by atoms with Crippen LogP contribution in [-0.2, 0) is 19.1 Å². The number of ether oxygens (including phenoxy) is 3. The normalized spacial score (nSPS) is 20.3. The van der Waals surface area contributed by atoms with Gasteiger partial charge in [0.25, 0.3) is 5.79 Å². The number of nitrogens with zero attached hydrogens (tertiary/aromatic N) is 1. The number of carbonyl (C=O) groups excluding carboxylic acids is 2. The van der Waals surface area contributed by atoms with E-state index in [1.54, 1.807) is 20.8 Å². The van der Waals surface area contributed by atoms with Gasteiger partial charge in [0, 0.05) is 18.4 Å². The van der Waals surface area contributed by atoms with Gasteiger partial charge in [0.2, 0.25) is 5.75 Å². The number of carbonyl (C=O) groups is 2. The second-order valence-electron chi connectivity index (χ2n) is 6.88. The van der Waals surface area contributed by atoms with E-state index in [0.717, 1.165) is 12.1 Å². The molecule has 0 aliphatic carbocycles. The third kappa shape index (κ3) is 3.32. The standard InChI is InChI=1S/C17H19NO8/c1-16(2,3)17(4)25-14(20)10(15(21)26-17)6-9-7-11(18(22)23)13(19)12(8-9)24-5/h6-8,19H,1-5H3. The molecule has 1 aliphatic rings. The SMILES string of the molecule is COc1cc(C=C2C(=O)OC(C)(C(C)(C)C)OC2=O)cc([N+](=O)[O-])c1O. The van der Waals surface area contributed by atoms with E-state index in [1.807, 2.05) is 0 Å². The van der Waals surface area contributed by atoms with Crippen molar-refractivity contribution in [1.82, 2.24) is 0 Å². The lowest BCUT2D eigenvalue weighted by atomic mass is 9.85. The molecule has 9 heteroatoms. The highest BCUT2D eigenvalue weighted by Crippen LogP contribution is 2.40. The Morgan fingerprint density at radius 3 is 2.19 bits per heavy atom. The van der Waals surface area contributed by atoms with Crippen LogP contribution in [0.25, 0.3) is 6.08 Å². The summed E-state index contributed by atoms with van der Waals surface area (Å²) in [6, 6.07) is 2.25. The Morgan fingerprint density at radius 1 is 1.23 bits per heavy atom. The number of methoxy groups -OCH3 is 1. The molecular formula is C17H19NO8. The summed E-state index contributed by atoms with van der Waals surface area (Å²) >= 11 is 0. The topological polar surface area (TPSA) is 125 Å². The summed E-state index contributed by atoms with van der Waals surface area (Å²) in [6.45, 7) is 6.72. The number of esters is 2. The third-order valence-electron chi connectivity index (χ3n) is 4.18. The molecular weight excluding hydrogens is 346 g/mol. The van der Waals surface area contributed by atoms with Gasteiger partial charge in [-0.3, -0.25) is 10.1 Å². The molecule has 0 atom stereocenters. The molecule has 0 spiro atoms. The van der Waals surface area contributed by atoms with Crippen molar-refractivity contribution in [1.29, 1.82) is 0 Å². The largest absolute Gasteiger partial charge is 0.500 e. The van der Waals surface area contributed by atoms with Crippen LogP contribution < -0.4 is 4.74 Å². The Morgan fingerprint density at radius 2 is 1.77 bits per heavy atom. The summed E-state index contributed by atoms with van der Waals surface area (Å²) in [6.07, 6.45) is 1.09. The number of aromatic hydroxyl groups is 1. The highest BCUT2D eigenvalue weighted by atomic mass is 16.7. The van der Waals surface area contributed by atoms with Crippen molar-refractivity contribution in [3.63, 3.8) is 0 Å². The molecule has 1 aromatic rings. The van der Waals surface area contributed by atoms with Gasteiger partial charge in [0.05, 0.1) is 12.0 Å². The van der Waals surface area contributed by atoms with Gasteiger partial charge in [0.15, 0.2) is 5.75 Å². The number of benzene rings is 1. The van der Waals surface area contributed by atoms with Crippen LogP contribution in [0.1, 0.15) is 33.3 Å². The summed E-state index contributed by atoms with van der Waals surface area (Å²) in [5.41, 5.74) is -1.62. The number of hydrogen-bond donors (Lipinski definition) is 1. The Hall–Kier alpha value is -3.10. The number of phenolic OH excluding ortho intramolecular Hbond substituents is 1. The molecule has 0 amide bonds. The second kappa shape index (κ2) is 6.32. The first-order valence-corrected chi connectivity index (χ1v) is 7.63. The van der Waals surface area contributed by atoms with E-state index in [2.05, 4.69) is 0 Å². The van der Waals surface area contributed by atoms with Crippen LogP contribution in [0.3, 0.4) is 0 Å². The lowest BCUT2D eigenvalue weighted by Gasteiger charge is -2.42. The molecule has 0 aromatic heterocycles. The zero-order chi connectivity index (χ0) is 19.9. The number of cyclic esters (lactones) is 2. The lowest BCUT2D eigenvalue weighted by Crippen LogP contribution is -2.52. The Balaban J connectivity index is 2.48. The highest BCUT2D eigenvalue weighted by Gasteiger charge is 2.50. The maximum Gasteiger partial charge on any atom is 0.348 e. The van der Waals surface area contributed by atoms with Crippen LogP contribution in [-0.4, -0.2) is 34.9 Å². The van der Waals surface area contributed by atoms with Crippen molar-refractivity contribution in [3.05, 3.63) is 33.4 Å². The van der Waals surface area contributed by atoms with Gasteiger partial charge in [0.1, 0.15) is 5.57 Å². The number of phenols is 1. The fourth-order valence-corrected chi connectivity index (χ4v) is 2.15. The second-order valence-corrected chi connectivity index (χ2v) is 6.88. The van der Waals surface area contributed by atoms with Crippen LogP contribution in [0.4, 0.5) is 5.69 Å². The lowest BCUT2D eigenvalue weighted by molar-refractivity contribution is -0.386. The maximum absolute atomic E-state index is 12.3. The van der Waals surface area contributed by atoms with Gasteiger partial charge >= 0.3 is 17.6 Å². The molecule has 26 heavy (non-hydrogen) atoms. The van der Waals surface area contributed by atoms with Gasteiger partial charge in [-0.1, -0.05) is 20.8 Å². The van der Waals surface area contributed by atoms with E-state index in [1.165, 1.54) is 20.1 Å². The highest BCUT2D eigenvalue weighted by molar-refractivity contribution is 6.19. The molecule has 1 N–H and O–H groups in total. The predicted molar refractivity (Wildman–Crippen MR) is 89.3 cm³/mol. The smallest absolute Gasteiger partial charge is 0.348 e. The van der Waals surface area contributed by atoms with E-state index in [-0.39, 0.29) is 11.3 Å². The summed E-state index contributed by atoms with van der Waals surface area (Å²) in [5.74, 6) is -4.10. The molecule has 1 aromatic carbocycles. The van der Waals surface area contributed by atoms with Crippen molar-refractivity contribution >= 4 is 23.7 Å². The van der Waals surface area contributed by atoms with E-state index < -0.39 is 45.1 Å². The molecule has 9 nitrogen and oxygen atoms in total. The molecule has 0 unspecified atom stereocenters. The number of rotatable bonds is 3. The molecule has 1 heterocycles. The molecule has 1 aliphatic heterocycles. The van der Waals surface area contributed by atoms with Crippen LogP contribution in [0, 0.1) is 15.5 Å². The summed E-state index contributed by atoms with van der Waals surface area (Å²) in [7, 11) is 1.22. The minimum absolute atomic E-state index is 0.0922. The fourth-order valence-electron chi connectivity index (χ4n) is 2.15. The summed E-state index contributed by atoms with van der Waals surface area (Å²) in [4.78, 5) is 34.8. The molecule has 0 saturated carbocycles. The molecule has 1 saturated heterocycles. The molecule has 140 valence electrons. The van der Waals surface area contributed by atoms with Crippen LogP contribution in [0.2, 0.25) is 0 Å². The molecule has 2 rings (SSSR count). The average Bonchev–Trinajstić information content (AvgIpc) is 2.50. The van der Waals surface area contributed by atoms with Crippen LogP contribution in [0.5, 0.6) is 11.5 Å². The molecule has 0 radical (unpaired) electrons. The third-order valence-corrected chi connectivity index (χ3v) is 4.18. The number of nitro groups is 1. The zero-order valence-electron chi connectivity index (χ0n) is 15.0. The molecule has 1 fully saturated rings. The first-order valence-electron chi connectivity index (χ1n) is 7.63. The van der Waals surface area contributed by atoms with E-state index in [4.69, 9.17) is 14.2 Å². The minimum Gasteiger partial charge on any atom is -0.500 e. The van der Waals surface area contributed by atoms with E-state index in [0.29, 0.717) is 0 Å². The monoisotopic (exact) mass is 365 g/mol. The van der Waals surface area contributed by atoms with Gasteiger partial charge in [-0.05, 0) is 17.7 Å². The Kier molecular flexibility index (Phi) is 4.68. The summed E-state index contributed by atoms with van der Waals surface area (Å²) in [5, 5.41) is 20.8. The van der Waals surface area contributed by atoms with Crippen molar-refractivity contribution in [2.45, 2.75) is 33.5 Å². The van der Waals surface area contributed by atoms with Crippen molar-refractivity contribution in [3.8, 4) is 11.5 Å². The van der Waals surface area contributed by atoms with Crippen LogP contribution >= 0.6 is 0 Å². The Labute approximate surface area is 149 Å². The zero-order valence-corrected chi connectivity index (χ0v) is 15.0. The van der Waals surface area contributed by atoms with Crippen LogP contribution in [0.15, 0.2) is 17.7 Å². The average molecular weight is 365 g/mol. The first-order chi connectivity index (χ1) is 11.9. The van der Waals surface area contributed by atoms with Gasteiger partial charge in [-0.25, -0.2) is 9.59 Å². The number of hydrogen-bond acceptors (Lipinski definition) is 8. The Bertz CT molecular complexity index is 799. The minimum atomic E-state index is -1.45. The van der Waals surface area contributed by atoms with Crippen molar-refractivity contribution < 1.29 is 33.8 Å². The number of nitro benzene ring substituents is 1. The van der Waals surface area contributed by atoms with Gasteiger partial charge in [-0.15, -0.1) is 0 Å². The van der Waals surface area contributed by atoms with Gasteiger partial charge in [-0.2, -0.15) is 0 Å². The van der Waals surface area contributed by atoms with E-state index >= 15 is 0 Å². The summed E-state index contributed by atoms with van der Waals surface area (Å²) < 4.78 is 15.5. The van der Waals surface area contributed by atoms with E-state index in [9.17, 15) is 24.8 Å². The van der Waals surface area contributed by atoms with Crippen molar-refractivity contribution in [2.75, 3.05) is 7.11 Å². The maximum atomic E-state index is 12.3. The quantitative estimate of drug-likeness (QED) is 0.285.